The van der Waals surface area contributed by atoms with Crippen molar-refractivity contribution >= 4 is 28.2 Å². The monoisotopic (exact) mass is 310 g/mol. The first-order valence-electron chi connectivity index (χ1n) is 6.68. The summed E-state index contributed by atoms with van der Waals surface area (Å²) in [5.74, 6) is -0.569. The highest BCUT2D eigenvalue weighted by atomic mass is 35.5. The second-order valence-corrected chi connectivity index (χ2v) is 7.65. The minimum atomic E-state index is -3.25. The van der Waals surface area contributed by atoms with Gasteiger partial charge in [-0.25, -0.2) is 8.42 Å². The molecule has 1 heterocycles. The molecule has 2 rings (SSSR count). The molecule has 112 valence electrons. The summed E-state index contributed by atoms with van der Waals surface area (Å²) >= 11 is 0. The van der Waals surface area contributed by atoms with Gasteiger partial charge in [-0.2, -0.15) is 0 Å². The second kappa shape index (κ2) is 6.90. The highest BCUT2D eigenvalue weighted by Crippen LogP contribution is 2.25. The predicted octanol–water partition coefficient (Wildman–Crippen LogP) is 0.586. The van der Waals surface area contributed by atoms with E-state index in [1.807, 2.05) is 0 Å². The van der Waals surface area contributed by atoms with Gasteiger partial charge in [-0.15, -0.1) is 12.4 Å². The number of nitrogens with one attached hydrogen (secondary N) is 1. The van der Waals surface area contributed by atoms with Gasteiger partial charge in [0.2, 0.25) is 5.91 Å². The van der Waals surface area contributed by atoms with E-state index >= 15 is 0 Å². The van der Waals surface area contributed by atoms with Crippen LogP contribution in [0.4, 0.5) is 0 Å². The number of sulfone groups is 1. The highest BCUT2D eigenvalue weighted by Gasteiger charge is 2.33. The molecule has 0 bridgehead atoms. The van der Waals surface area contributed by atoms with Crippen LogP contribution in [-0.2, 0) is 14.6 Å². The number of likely N-dealkylation sites (N-methyl/N-ethyl adjacent to an activating group) is 1. The van der Waals surface area contributed by atoms with Crippen LogP contribution in [0.5, 0.6) is 0 Å². The van der Waals surface area contributed by atoms with E-state index < -0.39 is 9.84 Å². The maximum absolute atomic E-state index is 12.1. The summed E-state index contributed by atoms with van der Waals surface area (Å²) in [7, 11) is -1.53. The fourth-order valence-electron chi connectivity index (χ4n) is 2.81. The molecule has 1 saturated carbocycles. The molecule has 0 aromatic heterocycles. The minimum absolute atomic E-state index is 0. The molecule has 19 heavy (non-hydrogen) atoms. The fourth-order valence-corrected chi connectivity index (χ4v) is 4.65. The quantitative estimate of drug-likeness (QED) is 0.825. The van der Waals surface area contributed by atoms with Crippen LogP contribution in [0, 0.1) is 0 Å². The third-order valence-corrected chi connectivity index (χ3v) is 6.25. The van der Waals surface area contributed by atoms with Crippen molar-refractivity contribution in [3.63, 3.8) is 0 Å². The van der Waals surface area contributed by atoms with Crippen LogP contribution in [-0.4, -0.2) is 56.4 Å². The third-order valence-electron chi connectivity index (χ3n) is 4.11. The van der Waals surface area contributed by atoms with E-state index in [1.165, 1.54) is 0 Å². The molecule has 0 radical (unpaired) electrons. The lowest BCUT2D eigenvalue weighted by Gasteiger charge is -2.24. The largest absolute Gasteiger partial charge is 0.341 e. The van der Waals surface area contributed by atoms with Gasteiger partial charge in [0.05, 0.1) is 5.25 Å². The number of rotatable bonds is 4. The normalized spacial score (nSPS) is 24.2. The van der Waals surface area contributed by atoms with Crippen LogP contribution < -0.4 is 5.32 Å². The van der Waals surface area contributed by atoms with Crippen LogP contribution in [0.25, 0.3) is 0 Å². The maximum Gasteiger partial charge on any atom is 0.237 e. The molecule has 0 aromatic carbocycles. The molecule has 1 atom stereocenters. The summed E-state index contributed by atoms with van der Waals surface area (Å²) < 4.78 is 24.2. The van der Waals surface area contributed by atoms with Crippen molar-refractivity contribution in [3.05, 3.63) is 0 Å². The summed E-state index contributed by atoms with van der Waals surface area (Å²) in [6, 6.07) is 0.149. The maximum atomic E-state index is 12.1. The minimum Gasteiger partial charge on any atom is -0.341 e. The van der Waals surface area contributed by atoms with E-state index in [1.54, 1.807) is 11.9 Å². The van der Waals surface area contributed by atoms with Crippen molar-refractivity contribution in [2.24, 2.45) is 0 Å². The number of halogens is 1. The number of amides is 1. The van der Waals surface area contributed by atoms with Gasteiger partial charge in [0, 0.05) is 19.6 Å². The average Bonchev–Trinajstić information content (AvgIpc) is 3.00. The van der Waals surface area contributed by atoms with E-state index in [0.717, 1.165) is 45.2 Å². The van der Waals surface area contributed by atoms with E-state index in [0.29, 0.717) is 0 Å². The zero-order valence-electron chi connectivity index (χ0n) is 11.3. The van der Waals surface area contributed by atoms with Crippen molar-refractivity contribution in [1.82, 2.24) is 10.2 Å². The molecule has 0 aromatic rings. The Bertz CT molecular complexity index is 401. The van der Waals surface area contributed by atoms with E-state index in [4.69, 9.17) is 0 Å². The molecule has 1 unspecified atom stereocenters. The molecule has 1 aliphatic heterocycles. The number of nitrogens with zero attached hydrogens (tertiary/aromatic N) is 1. The van der Waals surface area contributed by atoms with Crippen molar-refractivity contribution in [3.8, 4) is 0 Å². The first-order chi connectivity index (χ1) is 8.50. The van der Waals surface area contributed by atoms with E-state index in [2.05, 4.69) is 5.32 Å². The number of carbonyl (C=O) groups excluding carboxylic acids is 1. The van der Waals surface area contributed by atoms with Gasteiger partial charge in [0.1, 0.15) is 5.75 Å². The molecular formula is C12H23ClN2O3S. The van der Waals surface area contributed by atoms with Crippen LogP contribution in [0.3, 0.4) is 0 Å². The Morgan fingerprint density at radius 1 is 1.26 bits per heavy atom. The Balaban J connectivity index is 0.00000180. The molecule has 2 fully saturated rings. The third kappa shape index (κ3) is 4.07. The first-order valence-corrected chi connectivity index (χ1v) is 8.40. The van der Waals surface area contributed by atoms with Gasteiger partial charge in [-0.1, -0.05) is 12.8 Å². The topological polar surface area (TPSA) is 66.5 Å². The standard InChI is InChI=1S/C12H22N2O3S.ClH/c1-14(10-6-7-13-8-10)12(15)9-18(16,17)11-4-2-3-5-11;/h10-11,13H,2-9H2,1H3;1H. The van der Waals surface area contributed by atoms with Gasteiger partial charge in [-0.3, -0.25) is 4.79 Å². The smallest absolute Gasteiger partial charge is 0.237 e. The molecule has 2 aliphatic rings. The Morgan fingerprint density at radius 3 is 2.42 bits per heavy atom. The number of carbonyl (C=O) groups is 1. The van der Waals surface area contributed by atoms with Crippen molar-refractivity contribution in [1.29, 1.82) is 0 Å². The van der Waals surface area contributed by atoms with Gasteiger partial charge in [0.15, 0.2) is 9.84 Å². The summed E-state index contributed by atoms with van der Waals surface area (Å²) in [5.41, 5.74) is 0. The van der Waals surface area contributed by atoms with Crippen molar-refractivity contribution < 1.29 is 13.2 Å². The molecule has 5 nitrogen and oxygen atoms in total. The van der Waals surface area contributed by atoms with Crippen LogP contribution in [0.15, 0.2) is 0 Å². The molecule has 1 aliphatic carbocycles. The molecule has 7 heteroatoms. The lowest BCUT2D eigenvalue weighted by Crippen LogP contribution is -2.42. The van der Waals surface area contributed by atoms with Crippen LogP contribution in [0.1, 0.15) is 32.1 Å². The van der Waals surface area contributed by atoms with Gasteiger partial charge < -0.3 is 10.2 Å². The van der Waals surface area contributed by atoms with Crippen LogP contribution in [0.2, 0.25) is 0 Å². The zero-order chi connectivity index (χ0) is 13.2. The Labute approximate surface area is 121 Å². The summed E-state index contributed by atoms with van der Waals surface area (Å²) in [6.45, 7) is 1.67. The van der Waals surface area contributed by atoms with E-state index in [9.17, 15) is 13.2 Å². The molecule has 1 N–H and O–H groups in total. The number of hydrogen-bond donors (Lipinski definition) is 1. The summed E-state index contributed by atoms with van der Waals surface area (Å²) in [5, 5.41) is 2.90. The summed E-state index contributed by atoms with van der Waals surface area (Å²) in [4.78, 5) is 13.6. The number of hydrogen-bond acceptors (Lipinski definition) is 4. The molecule has 1 amide bonds. The highest BCUT2D eigenvalue weighted by molar-refractivity contribution is 7.92. The van der Waals surface area contributed by atoms with Gasteiger partial charge >= 0.3 is 0 Å². The zero-order valence-corrected chi connectivity index (χ0v) is 12.9. The predicted molar refractivity (Wildman–Crippen MR) is 77.3 cm³/mol. The van der Waals surface area contributed by atoms with Crippen molar-refractivity contribution in [2.75, 3.05) is 25.9 Å². The Kier molecular flexibility index (Phi) is 6.08. The lowest BCUT2D eigenvalue weighted by atomic mass is 10.2. The van der Waals surface area contributed by atoms with Crippen LogP contribution >= 0.6 is 12.4 Å². The Hall–Kier alpha value is -0.330. The van der Waals surface area contributed by atoms with Gasteiger partial charge in [0.25, 0.3) is 0 Å². The molecule has 0 spiro atoms. The van der Waals surface area contributed by atoms with Crippen molar-refractivity contribution in [2.45, 2.75) is 43.4 Å². The average molecular weight is 311 g/mol. The first kappa shape index (κ1) is 16.7. The SMILES string of the molecule is CN(C(=O)CS(=O)(=O)C1CCCC1)C1CCNC1.Cl. The fraction of sp³-hybridized carbons (Fsp3) is 0.917. The Morgan fingerprint density at radius 2 is 1.89 bits per heavy atom. The lowest BCUT2D eigenvalue weighted by molar-refractivity contribution is -0.128. The second-order valence-electron chi connectivity index (χ2n) is 5.36. The summed E-state index contributed by atoms with van der Waals surface area (Å²) in [6.07, 6.45) is 4.31. The van der Waals surface area contributed by atoms with Gasteiger partial charge in [-0.05, 0) is 25.8 Å². The van der Waals surface area contributed by atoms with E-state index in [-0.39, 0.29) is 35.4 Å². The molecule has 1 saturated heterocycles. The molecular weight excluding hydrogens is 288 g/mol.